The van der Waals surface area contributed by atoms with Crippen molar-refractivity contribution in [3.05, 3.63) is 187 Å². The second-order valence-corrected chi connectivity index (χ2v) is 14.1. The van der Waals surface area contributed by atoms with E-state index < -0.39 is 0 Å². The Hall–Kier alpha value is -6.38. The molecule has 9 aromatic rings. The second-order valence-electron chi connectivity index (χ2n) is 14.1. The molecule has 51 heavy (non-hydrogen) atoms. The molecule has 1 aliphatic carbocycles. The first-order valence-electron chi connectivity index (χ1n) is 17.7. The van der Waals surface area contributed by atoms with Crippen molar-refractivity contribution in [3.63, 3.8) is 0 Å². The molecule has 0 aliphatic heterocycles. The summed E-state index contributed by atoms with van der Waals surface area (Å²) in [7, 11) is 0. The van der Waals surface area contributed by atoms with Gasteiger partial charge in [-0.1, -0.05) is 147 Å². The van der Waals surface area contributed by atoms with Gasteiger partial charge in [-0.05, 0) is 92.2 Å². The standard InChI is InChI=1S/C49H35NO/c1-49(2)42-21-12-11-20-39(42)40-29-28-37(31-43(40)49)50(36-26-24-33(25-27-36)32-14-5-3-6-15-32)44-22-13-23-45-47(44)46-38-19-10-9-18-35(38)30-41(48(46)51-45)34-16-7-4-8-17-34/h3-31H,1-2H3. The van der Waals surface area contributed by atoms with E-state index in [0.29, 0.717) is 0 Å². The minimum Gasteiger partial charge on any atom is -0.455 e. The van der Waals surface area contributed by atoms with Crippen LogP contribution in [-0.2, 0) is 5.41 Å². The molecule has 0 saturated heterocycles. The summed E-state index contributed by atoms with van der Waals surface area (Å²) in [4.78, 5) is 2.43. The van der Waals surface area contributed by atoms with E-state index in [4.69, 9.17) is 4.42 Å². The Bertz CT molecular complexity index is 2760. The quantitative estimate of drug-likeness (QED) is 0.184. The third kappa shape index (κ3) is 4.57. The maximum atomic E-state index is 6.91. The van der Waals surface area contributed by atoms with Gasteiger partial charge < -0.3 is 9.32 Å². The first-order valence-corrected chi connectivity index (χ1v) is 17.7. The smallest absolute Gasteiger partial charge is 0.143 e. The molecule has 10 rings (SSSR count). The van der Waals surface area contributed by atoms with Crippen LogP contribution in [0.15, 0.2) is 180 Å². The third-order valence-electron chi connectivity index (χ3n) is 10.9. The molecule has 2 nitrogen and oxygen atoms in total. The first kappa shape index (κ1) is 29.5. The lowest BCUT2D eigenvalue weighted by Gasteiger charge is -2.29. The highest BCUT2D eigenvalue weighted by atomic mass is 16.3. The molecule has 242 valence electrons. The Morgan fingerprint density at radius 3 is 1.90 bits per heavy atom. The van der Waals surface area contributed by atoms with Crippen molar-refractivity contribution in [2.75, 3.05) is 4.90 Å². The van der Waals surface area contributed by atoms with Crippen molar-refractivity contribution in [1.29, 1.82) is 0 Å². The largest absolute Gasteiger partial charge is 0.455 e. The molecule has 0 fully saturated rings. The van der Waals surface area contributed by atoms with Crippen molar-refractivity contribution in [2.24, 2.45) is 0 Å². The minimum absolute atomic E-state index is 0.125. The molecule has 0 N–H and O–H groups in total. The number of anilines is 3. The van der Waals surface area contributed by atoms with Gasteiger partial charge in [-0.15, -0.1) is 0 Å². The molecule has 0 spiro atoms. The lowest BCUT2D eigenvalue weighted by Crippen LogP contribution is -2.16. The molecule has 0 amide bonds. The van der Waals surface area contributed by atoms with Gasteiger partial charge in [0.15, 0.2) is 0 Å². The van der Waals surface area contributed by atoms with E-state index in [1.807, 2.05) is 0 Å². The molecular formula is C49H35NO. The average molecular weight is 654 g/mol. The summed E-state index contributed by atoms with van der Waals surface area (Å²) in [6, 6.07) is 63.5. The minimum atomic E-state index is -0.125. The zero-order chi connectivity index (χ0) is 34.1. The Morgan fingerprint density at radius 2 is 1.10 bits per heavy atom. The van der Waals surface area contributed by atoms with Gasteiger partial charge in [0.05, 0.1) is 11.1 Å². The van der Waals surface area contributed by atoms with Gasteiger partial charge in [0, 0.05) is 27.7 Å². The fraction of sp³-hybridized carbons (Fsp3) is 0.0612. The summed E-state index contributed by atoms with van der Waals surface area (Å²) in [5.41, 5.74) is 14.9. The Morgan fingerprint density at radius 1 is 0.451 bits per heavy atom. The molecule has 0 atom stereocenters. The Labute approximate surface area is 297 Å². The summed E-state index contributed by atoms with van der Waals surface area (Å²) < 4.78 is 6.91. The van der Waals surface area contributed by atoms with Crippen LogP contribution in [0.5, 0.6) is 0 Å². The molecular weight excluding hydrogens is 619 g/mol. The van der Waals surface area contributed by atoms with Gasteiger partial charge in [0.25, 0.3) is 0 Å². The van der Waals surface area contributed by atoms with Crippen LogP contribution in [0.1, 0.15) is 25.0 Å². The SMILES string of the molecule is CC1(C)c2ccccc2-c2ccc(N(c3ccc(-c4ccccc4)cc3)c3cccc4oc5c(-c6ccccc6)cc6ccccc6c5c34)cc21. The fourth-order valence-corrected chi connectivity index (χ4v) is 8.36. The van der Waals surface area contributed by atoms with Gasteiger partial charge in [-0.25, -0.2) is 0 Å². The van der Waals surface area contributed by atoms with E-state index >= 15 is 0 Å². The molecule has 2 heteroatoms. The normalized spacial score (nSPS) is 13.1. The van der Waals surface area contributed by atoms with Crippen LogP contribution in [0, 0.1) is 0 Å². The molecule has 0 unspecified atom stereocenters. The van der Waals surface area contributed by atoms with E-state index in [1.165, 1.54) is 44.2 Å². The molecule has 0 bridgehead atoms. The highest BCUT2D eigenvalue weighted by Gasteiger charge is 2.36. The van der Waals surface area contributed by atoms with Crippen molar-refractivity contribution in [1.82, 2.24) is 0 Å². The van der Waals surface area contributed by atoms with E-state index in [1.54, 1.807) is 0 Å². The predicted molar refractivity (Wildman–Crippen MR) is 214 cm³/mol. The summed E-state index contributed by atoms with van der Waals surface area (Å²) >= 11 is 0. The van der Waals surface area contributed by atoms with Gasteiger partial charge in [-0.2, -0.15) is 0 Å². The number of hydrogen-bond donors (Lipinski definition) is 0. The van der Waals surface area contributed by atoms with E-state index in [-0.39, 0.29) is 5.41 Å². The summed E-state index contributed by atoms with van der Waals surface area (Å²) in [6.07, 6.45) is 0. The fourth-order valence-electron chi connectivity index (χ4n) is 8.36. The van der Waals surface area contributed by atoms with E-state index in [0.717, 1.165) is 50.1 Å². The van der Waals surface area contributed by atoms with Crippen molar-refractivity contribution in [2.45, 2.75) is 19.3 Å². The van der Waals surface area contributed by atoms with Crippen LogP contribution in [0.4, 0.5) is 17.1 Å². The highest BCUT2D eigenvalue weighted by molar-refractivity contribution is 6.26. The van der Waals surface area contributed by atoms with Crippen LogP contribution < -0.4 is 4.90 Å². The molecule has 0 radical (unpaired) electrons. The lowest BCUT2D eigenvalue weighted by molar-refractivity contribution is 0.660. The van der Waals surface area contributed by atoms with Crippen LogP contribution in [0.2, 0.25) is 0 Å². The molecule has 8 aromatic carbocycles. The van der Waals surface area contributed by atoms with Crippen LogP contribution in [0.25, 0.3) is 66.1 Å². The number of nitrogens with zero attached hydrogens (tertiary/aromatic N) is 1. The van der Waals surface area contributed by atoms with Crippen molar-refractivity contribution in [3.8, 4) is 33.4 Å². The number of hydrogen-bond acceptors (Lipinski definition) is 2. The number of fused-ring (bicyclic) bond motifs is 8. The molecule has 1 aliphatic rings. The first-order chi connectivity index (χ1) is 25.1. The van der Waals surface area contributed by atoms with Gasteiger partial charge in [-0.3, -0.25) is 0 Å². The predicted octanol–water partition coefficient (Wildman–Crippen LogP) is 13.8. The Balaban J connectivity index is 1.26. The molecule has 0 saturated carbocycles. The number of rotatable bonds is 5. The summed E-state index contributed by atoms with van der Waals surface area (Å²) in [6.45, 7) is 4.70. The number of furan rings is 1. The Kier molecular flexibility index (Phi) is 6.56. The van der Waals surface area contributed by atoms with Crippen molar-refractivity contribution < 1.29 is 4.42 Å². The summed E-state index contributed by atoms with van der Waals surface area (Å²) in [5.74, 6) is 0. The van der Waals surface area contributed by atoms with E-state index in [9.17, 15) is 0 Å². The van der Waals surface area contributed by atoms with Crippen LogP contribution in [-0.4, -0.2) is 0 Å². The third-order valence-corrected chi connectivity index (χ3v) is 10.9. The zero-order valence-corrected chi connectivity index (χ0v) is 28.6. The van der Waals surface area contributed by atoms with Crippen molar-refractivity contribution >= 4 is 49.8 Å². The van der Waals surface area contributed by atoms with Crippen LogP contribution >= 0.6 is 0 Å². The summed E-state index contributed by atoms with van der Waals surface area (Å²) in [5, 5.41) is 4.62. The van der Waals surface area contributed by atoms with Gasteiger partial charge in [0.1, 0.15) is 11.2 Å². The average Bonchev–Trinajstić information content (AvgIpc) is 3.69. The van der Waals surface area contributed by atoms with Gasteiger partial charge >= 0.3 is 0 Å². The van der Waals surface area contributed by atoms with E-state index in [2.05, 4.69) is 195 Å². The topological polar surface area (TPSA) is 16.4 Å². The maximum absolute atomic E-state index is 6.91. The molecule has 1 heterocycles. The maximum Gasteiger partial charge on any atom is 0.143 e. The highest BCUT2D eigenvalue weighted by Crippen LogP contribution is 2.52. The van der Waals surface area contributed by atoms with Crippen LogP contribution in [0.3, 0.4) is 0 Å². The zero-order valence-electron chi connectivity index (χ0n) is 28.6. The lowest BCUT2D eigenvalue weighted by atomic mass is 9.82. The number of benzene rings is 8. The van der Waals surface area contributed by atoms with Gasteiger partial charge in [0.2, 0.25) is 0 Å². The second kappa shape index (κ2) is 11.3. The monoisotopic (exact) mass is 653 g/mol. The molecule has 1 aromatic heterocycles.